The Balaban J connectivity index is 2.41. The summed E-state index contributed by atoms with van der Waals surface area (Å²) >= 11 is 0. The number of rotatable bonds is 7. The van der Waals surface area contributed by atoms with Crippen molar-refractivity contribution in [2.75, 3.05) is 20.3 Å². The van der Waals surface area contributed by atoms with Crippen LogP contribution >= 0.6 is 0 Å². The Kier molecular flexibility index (Phi) is 5.90. The van der Waals surface area contributed by atoms with Gasteiger partial charge in [-0.2, -0.15) is 0 Å². The molecule has 0 aliphatic carbocycles. The average Bonchev–Trinajstić information content (AvgIpc) is 2.29. The predicted molar refractivity (Wildman–Crippen MR) is 63.7 cm³/mol. The molecular formula is C13H20O3. The van der Waals surface area contributed by atoms with Crippen molar-refractivity contribution in [3.63, 3.8) is 0 Å². The van der Waals surface area contributed by atoms with E-state index in [-0.39, 0.29) is 0 Å². The zero-order chi connectivity index (χ0) is 11.8. The molecule has 1 aromatic carbocycles. The number of ether oxygens (including phenoxy) is 2. The molecule has 3 heteroatoms. The lowest BCUT2D eigenvalue weighted by atomic mass is 10.1. The first-order chi connectivity index (χ1) is 7.75. The lowest BCUT2D eigenvalue weighted by Crippen LogP contribution is -2.03. The third-order valence-electron chi connectivity index (χ3n) is 2.37. The molecule has 0 amide bonds. The lowest BCUT2D eigenvalue weighted by Gasteiger charge is -2.12. The number of methoxy groups -OCH3 is 1. The van der Waals surface area contributed by atoms with Crippen molar-refractivity contribution in [2.45, 2.75) is 25.9 Å². The second-order valence-corrected chi connectivity index (χ2v) is 3.76. The molecule has 3 nitrogen and oxygen atoms in total. The Bertz CT molecular complexity index is 297. The fraction of sp³-hybridized carbons (Fsp3) is 0.538. The number of unbranched alkanes of at least 4 members (excludes halogenated alkanes) is 1. The van der Waals surface area contributed by atoms with Crippen LogP contribution in [0, 0.1) is 0 Å². The van der Waals surface area contributed by atoms with Crippen LogP contribution in [0.1, 0.15) is 31.4 Å². The van der Waals surface area contributed by atoms with Crippen LogP contribution in [0.4, 0.5) is 0 Å². The van der Waals surface area contributed by atoms with Gasteiger partial charge in [0, 0.05) is 19.3 Å². The van der Waals surface area contributed by atoms with Crippen LogP contribution in [-0.4, -0.2) is 25.4 Å². The average molecular weight is 224 g/mol. The minimum atomic E-state index is -0.491. The van der Waals surface area contributed by atoms with Gasteiger partial charge < -0.3 is 14.6 Å². The van der Waals surface area contributed by atoms with Crippen LogP contribution in [0.2, 0.25) is 0 Å². The molecule has 1 atom stereocenters. The molecule has 0 aromatic heterocycles. The summed E-state index contributed by atoms with van der Waals surface area (Å²) in [5.41, 5.74) is 0.842. The van der Waals surface area contributed by atoms with Gasteiger partial charge in [0.2, 0.25) is 0 Å². The Hall–Kier alpha value is -1.06. The first-order valence-corrected chi connectivity index (χ1v) is 5.64. The fourth-order valence-corrected chi connectivity index (χ4v) is 1.49. The minimum absolute atomic E-state index is 0.491. The lowest BCUT2D eigenvalue weighted by molar-refractivity contribution is 0.178. The molecule has 1 N–H and O–H groups in total. The van der Waals surface area contributed by atoms with E-state index in [2.05, 4.69) is 0 Å². The SMILES string of the molecule is COCCCCOc1ccccc1[C@@H](C)O. The molecule has 0 aliphatic rings. The molecule has 16 heavy (non-hydrogen) atoms. The molecule has 0 saturated heterocycles. The maximum Gasteiger partial charge on any atom is 0.125 e. The van der Waals surface area contributed by atoms with Crippen molar-refractivity contribution < 1.29 is 14.6 Å². The maximum absolute atomic E-state index is 9.55. The number of aliphatic hydroxyl groups excluding tert-OH is 1. The predicted octanol–water partition coefficient (Wildman–Crippen LogP) is 2.55. The molecule has 0 heterocycles. The van der Waals surface area contributed by atoms with Crippen LogP contribution in [0.25, 0.3) is 0 Å². The molecule has 0 fully saturated rings. The first kappa shape index (κ1) is 13.0. The van der Waals surface area contributed by atoms with Gasteiger partial charge in [-0.15, -0.1) is 0 Å². The van der Waals surface area contributed by atoms with E-state index in [1.54, 1.807) is 14.0 Å². The van der Waals surface area contributed by atoms with Crippen LogP contribution in [0.3, 0.4) is 0 Å². The Morgan fingerprint density at radius 2 is 1.88 bits per heavy atom. The summed E-state index contributed by atoms with van der Waals surface area (Å²) in [4.78, 5) is 0. The number of para-hydroxylation sites is 1. The van der Waals surface area contributed by atoms with Crippen LogP contribution in [-0.2, 0) is 4.74 Å². The van der Waals surface area contributed by atoms with Gasteiger partial charge in [0.15, 0.2) is 0 Å². The van der Waals surface area contributed by atoms with Crippen molar-refractivity contribution in [2.24, 2.45) is 0 Å². The quantitative estimate of drug-likeness (QED) is 0.723. The van der Waals surface area contributed by atoms with Crippen molar-refractivity contribution in [3.8, 4) is 5.75 Å². The highest BCUT2D eigenvalue weighted by Crippen LogP contribution is 2.24. The van der Waals surface area contributed by atoms with E-state index in [0.29, 0.717) is 6.61 Å². The van der Waals surface area contributed by atoms with E-state index in [0.717, 1.165) is 30.8 Å². The van der Waals surface area contributed by atoms with E-state index >= 15 is 0 Å². The summed E-state index contributed by atoms with van der Waals surface area (Å²) in [7, 11) is 1.70. The number of benzene rings is 1. The van der Waals surface area contributed by atoms with Crippen molar-refractivity contribution in [3.05, 3.63) is 29.8 Å². The summed E-state index contributed by atoms with van der Waals surface area (Å²) in [6.45, 7) is 3.17. The van der Waals surface area contributed by atoms with Gasteiger partial charge in [-0.05, 0) is 25.8 Å². The van der Waals surface area contributed by atoms with Gasteiger partial charge >= 0.3 is 0 Å². The molecule has 0 aliphatic heterocycles. The topological polar surface area (TPSA) is 38.7 Å². The summed E-state index contributed by atoms with van der Waals surface area (Å²) in [6, 6.07) is 7.59. The van der Waals surface area contributed by atoms with E-state index in [9.17, 15) is 5.11 Å². The third-order valence-corrected chi connectivity index (χ3v) is 2.37. The van der Waals surface area contributed by atoms with Crippen molar-refractivity contribution in [1.29, 1.82) is 0 Å². The molecule has 0 unspecified atom stereocenters. The third kappa shape index (κ3) is 4.21. The summed E-state index contributed by atoms with van der Waals surface area (Å²) in [6.07, 6.45) is 1.46. The zero-order valence-electron chi connectivity index (χ0n) is 9.98. The summed E-state index contributed by atoms with van der Waals surface area (Å²) in [5, 5.41) is 9.55. The smallest absolute Gasteiger partial charge is 0.125 e. The van der Waals surface area contributed by atoms with Crippen molar-refractivity contribution >= 4 is 0 Å². The number of hydrogen-bond donors (Lipinski definition) is 1. The first-order valence-electron chi connectivity index (χ1n) is 5.64. The Labute approximate surface area is 97.0 Å². The summed E-state index contributed by atoms with van der Waals surface area (Å²) in [5.74, 6) is 0.773. The van der Waals surface area contributed by atoms with E-state index in [1.165, 1.54) is 0 Å². The molecular weight excluding hydrogens is 204 g/mol. The van der Waals surface area contributed by atoms with E-state index in [1.807, 2.05) is 24.3 Å². The zero-order valence-corrected chi connectivity index (χ0v) is 9.98. The maximum atomic E-state index is 9.55. The second kappa shape index (κ2) is 7.25. The molecule has 0 bridgehead atoms. The normalized spacial score (nSPS) is 12.4. The standard InChI is InChI=1S/C13H20O3/c1-11(14)12-7-3-4-8-13(12)16-10-6-5-9-15-2/h3-4,7-8,11,14H,5-6,9-10H2,1-2H3/t11-/m1/s1. The monoisotopic (exact) mass is 224 g/mol. The van der Waals surface area contributed by atoms with E-state index in [4.69, 9.17) is 9.47 Å². The molecule has 0 radical (unpaired) electrons. The highest BCUT2D eigenvalue weighted by molar-refractivity contribution is 5.34. The highest BCUT2D eigenvalue weighted by Gasteiger charge is 2.07. The molecule has 90 valence electrons. The molecule has 0 saturated carbocycles. The summed E-state index contributed by atoms with van der Waals surface area (Å²) < 4.78 is 10.6. The van der Waals surface area contributed by atoms with Gasteiger partial charge in [-0.25, -0.2) is 0 Å². The molecule has 1 aromatic rings. The van der Waals surface area contributed by atoms with Crippen molar-refractivity contribution in [1.82, 2.24) is 0 Å². The highest BCUT2D eigenvalue weighted by atomic mass is 16.5. The van der Waals surface area contributed by atoms with Gasteiger partial charge in [-0.1, -0.05) is 18.2 Å². The van der Waals surface area contributed by atoms with Gasteiger partial charge in [0.05, 0.1) is 12.7 Å². The van der Waals surface area contributed by atoms with Gasteiger partial charge in [0.25, 0.3) is 0 Å². The Morgan fingerprint density at radius 1 is 1.19 bits per heavy atom. The Morgan fingerprint density at radius 3 is 2.56 bits per heavy atom. The minimum Gasteiger partial charge on any atom is -0.493 e. The van der Waals surface area contributed by atoms with Gasteiger partial charge in [-0.3, -0.25) is 0 Å². The van der Waals surface area contributed by atoms with Crippen LogP contribution in [0.15, 0.2) is 24.3 Å². The molecule has 1 rings (SSSR count). The van der Waals surface area contributed by atoms with E-state index < -0.39 is 6.10 Å². The second-order valence-electron chi connectivity index (χ2n) is 3.76. The van der Waals surface area contributed by atoms with Gasteiger partial charge in [0.1, 0.15) is 5.75 Å². The number of aliphatic hydroxyl groups is 1. The number of hydrogen-bond acceptors (Lipinski definition) is 3. The molecule has 0 spiro atoms. The van der Waals surface area contributed by atoms with Crippen LogP contribution in [0.5, 0.6) is 5.75 Å². The van der Waals surface area contributed by atoms with Crippen LogP contribution < -0.4 is 4.74 Å². The fourth-order valence-electron chi connectivity index (χ4n) is 1.49. The largest absolute Gasteiger partial charge is 0.493 e.